The summed E-state index contributed by atoms with van der Waals surface area (Å²) in [7, 11) is 0. The molecule has 4 aromatic rings. The van der Waals surface area contributed by atoms with E-state index in [-0.39, 0.29) is 11.6 Å². The number of rotatable bonds is 6. The first-order chi connectivity index (χ1) is 14.1. The van der Waals surface area contributed by atoms with Crippen molar-refractivity contribution in [3.05, 3.63) is 70.4 Å². The molecule has 0 spiro atoms. The molecular formula is C20H18N6O2S. The van der Waals surface area contributed by atoms with Crippen molar-refractivity contribution in [2.24, 2.45) is 0 Å². The highest BCUT2D eigenvalue weighted by molar-refractivity contribution is 8.00. The van der Waals surface area contributed by atoms with Crippen LogP contribution in [0.25, 0.3) is 23.2 Å². The van der Waals surface area contributed by atoms with Crippen molar-refractivity contribution >= 4 is 46.5 Å². The summed E-state index contributed by atoms with van der Waals surface area (Å²) in [6, 6.07) is 15.1. The van der Waals surface area contributed by atoms with Gasteiger partial charge in [-0.15, -0.1) is 5.10 Å². The van der Waals surface area contributed by atoms with E-state index in [1.807, 2.05) is 42.5 Å². The van der Waals surface area contributed by atoms with Crippen molar-refractivity contribution in [3.8, 4) is 0 Å². The normalized spacial score (nSPS) is 12.4. The second-order valence-corrected chi connectivity index (χ2v) is 7.64. The monoisotopic (exact) mass is 406 g/mol. The summed E-state index contributed by atoms with van der Waals surface area (Å²) >= 11 is 1.26. The van der Waals surface area contributed by atoms with Crippen LogP contribution in [-0.4, -0.2) is 36.3 Å². The van der Waals surface area contributed by atoms with Crippen molar-refractivity contribution in [2.75, 3.05) is 5.32 Å². The zero-order valence-electron chi connectivity index (χ0n) is 15.5. The molecular weight excluding hydrogens is 388 g/mol. The van der Waals surface area contributed by atoms with E-state index >= 15 is 0 Å². The van der Waals surface area contributed by atoms with Gasteiger partial charge < -0.3 is 15.3 Å². The number of fused-ring (bicyclic) bond motifs is 1. The largest absolute Gasteiger partial charge is 0.325 e. The van der Waals surface area contributed by atoms with Crippen molar-refractivity contribution in [1.82, 2.24) is 25.1 Å². The molecule has 1 amide bonds. The van der Waals surface area contributed by atoms with Gasteiger partial charge in [0.25, 0.3) is 0 Å². The summed E-state index contributed by atoms with van der Waals surface area (Å²) in [5, 5.41) is 9.94. The first kappa shape index (κ1) is 18.8. The number of thioether (sulfide) groups is 1. The van der Waals surface area contributed by atoms with E-state index < -0.39 is 5.25 Å². The summed E-state index contributed by atoms with van der Waals surface area (Å²) < 4.78 is 0. The minimum absolute atomic E-state index is 0.182. The third-order valence-corrected chi connectivity index (χ3v) is 5.11. The molecule has 8 nitrogen and oxygen atoms in total. The predicted octanol–water partition coefficient (Wildman–Crippen LogP) is 3.26. The molecule has 29 heavy (non-hydrogen) atoms. The Morgan fingerprint density at radius 2 is 1.90 bits per heavy atom. The predicted molar refractivity (Wildman–Crippen MR) is 115 cm³/mol. The van der Waals surface area contributed by atoms with E-state index in [9.17, 15) is 9.59 Å². The van der Waals surface area contributed by atoms with Crippen LogP contribution in [0.5, 0.6) is 0 Å². The number of nitrogens with zero attached hydrogens (tertiary/aromatic N) is 2. The number of hydrogen-bond acceptors (Lipinski definition) is 5. The Morgan fingerprint density at radius 1 is 1.10 bits per heavy atom. The smallest absolute Gasteiger partial charge is 0.323 e. The summed E-state index contributed by atoms with van der Waals surface area (Å²) in [5.41, 5.74) is 2.71. The molecule has 0 saturated carbocycles. The Labute approximate surface area is 169 Å². The van der Waals surface area contributed by atoms with Crippen LogP contribution in [-0.2, 0) is 4.79 Å². The average molecular weight is 406 g/mol. The number of carbonyl (C=O) groups excluding carboxylic acids is 1. The number of aromatic amines is 3. The van der Waals surface area contributed by atoms with E-state index in [1.54, 1.807) is 25.1 Å². The summed E-state index contributed by atoms with van der Waals surface area (Å²) in [6.45, 7) is 1.78. The molecule has 2 aromatic carbocycles. The number of H-pyrrole nitrogens is 3. The molecule has 0 aliphatic rings. The lowest BCUT2D eigenvalue weighted by molar-refractivity contribution is -0.115. The van der Waals surface area contributed by atoms with Gasteiger partial charge in [-0.3, -0.25) is 9.89 Å². The summed E-state index contributed by atoms with van der Waals surface area (Å²) in [4.78, 5) is 33.5. The molecule has 146 valence electrons. The van der Waals surface area contributed by atoms with Crippen molar-refractivity contribution in [2.45, 2.75) is 17.3 Å². The Morgan fingerprint density at radius 3 is 2.72 bits per heavy atom. The molecule has 9 heteroatoms. The minimum atomic E-state index is -0.405. The third-order valence-electron chi connectivity index (χ3n) is 4.15. The van der Waals surface area contributed by atoms with Crippen LogP contribution in [0.1, 0.15) is 18.3 Å². The van der Waals surface area contributed by atoms with Crippen LogP contribution in [0.3, 0.4) is 0 Å². The second-order valence-electron chi connectivity index (χ2n) is 6.34. The lowest BCUT2D eigenvalue weighted by atomic mass is 10.2. The Kier molecular flexibility index (Phi) is 5.30. The molecule has 0 saturated heterocycles. The maximum atomic E-state index is 12.5. The molecule has 0 aliphatic carbocycles. The fraction of sp³-hybridized carbons (Fsp3) is 0.100. The number of imidazole rings is 1. The lowest BCUT2D eigenvalue weighted by Crippen LogP contribution is -2.22. The van der Waals surface area contributed by atoms with E-state index in [0.29, 0.717) is 27.7 Å². The minimum Gasteiger partial charge on any atom is -0.325 e. The number of amides is 1. The number of hydrogen-bond donors (Lipinski definition) is 4. The SMILES string of the molecule is CC(Sc1n[nH]c(/C=C/c2ccccc2)n1)C(=O)Nc1ccc2[nH]c(=O)[nH]c2c1. The zero-order valence-corrected chi connectivity index (χ0v) is 16.3. The maximum Gasteiger partial charge on any atom is 0.323 e. The maximum absolute atomic E-state index is 12.5. The van der Waals surface area contributed by atoms with Gasteiger partial charge >= 0.3 is 5.69 Å². The van der Waals surface area contributed by atoms with Gasteiger partial charge in [-0.2, -0.15) is 0 Å². The van der Waals surface area contributed by atoms with Gasteiger partial charge in [0.05, 0.1) is 16.3 Å². The van der Waals surface area contributed by atoms with Crippen molar-refractivity contribution in [1.29, 1.82) is 0 Å². The average Bonchev–Trinajstić information content (AvgIpc) is 3.32. The molecule has 4 rings (SSSR count). The van der Waals surface area contributed by atoms with Gasteiger partial charge in [0.1, 0.15) is 5.82 Å². The summed E-state index contributed by atoms with van der Waals surface area (Å²) in [5.74, 6) is 0.434. The van der Waals surface area contributed by atoms with E-state index in [2.05, 4.69) is 30.5 Å². The fourth-order valence-corrected chi connectivity index (χ4v) is 3.42. The topological polar surface area (TPSA) is 119 Å². The lowest BCUT2D eigenvalue weighted by Gasteiger charge is -2.10. The van der Waals surface area contributed by atoms with Crippen molar-refractivity contribution < 1.29 is 4.79 Å². The molecule has 0 fully saturated rings. The molecule has 2 aromatic heterocycles. The number of benzene rings is 2. The van der Waals surface area contributed by atoms with Crippen LogP contribution in [0.4, 0.5) is 5.69 Å². The highest BCUT2D eigenvalue weighted by atomic mass is 32.2. The van der Waals surface area contributed by atoms with Gasteiger partial charge in [0.15, 0.2) is 0 Å². The number of nitrogens with one attached hydrogen (secondary N) is 4. The molecule has 4 N–H and O–H groups in total. The van der Waals surface area contributed by atoms with Gasteiger partial charge in [-0.05, 0) is 36.8 Å². The van der Waals surface area contributed by atoms with Gasteiger partial charge in [-0.25, -0.2) is 9.78 Å². The summed E-state index contributed by atoms with van der Waals surface area (Å²) in [6.07, 6.45) is 3.77. The first-order valence-corrected chi connectivity index (χ1v) is 9.80. The fourth-order valence-electron chi connectivity index (χ4n) is 2.69. The number of aromatic nitrogens is 5. The first-order valence-electron chi connectivity index (χ1n) is 8.92. The van der Waals surface area contributed by atoms with E-state index in [4.69, 9.17) is 0 Å². The standard InChI is InChI=1S/C20H18N6O2S/c1-12(18(27)21-14-8-9-15-16(11-14)23-19(28)22-15)29-20-24-17(25-26-20)10-7-13-5-3-2-4-6-13/h2-12H,1H3,(H,21,27)(H2,22,23,28)(H,24,25,26)/b10-7+. The molecule has 0 aliphatic heterocycles. The number of anilines is 1. The Balaban J connectivity index is 1.37. The molecule has 2 heterocycles. The van der Waals surface area contributed by atoms with Crippen LogP contribution in [0.15, 0.2) is 58.5 Å². The zero-order chi connectivity index (χ0) is 20.2. The molecule has 0 bridgehead atoms. The number of carbonyl (C=O) groups is 1. The third kappa shape index (κ3) is 4.64. The molecule has 0 radical (unpaired) electrons. The van der Waals surface area contributed by atoms with E-state index in [1.165, 1.54) is 11.8 Å². The van der Waals surface area contributed by atoms with Crippen LogP contribution >= 0.6 is 11.8 Å². The van der Waals surface area contributed by atoms with E-state index in [0.717, 1.165) is 5.56 Å². The second kappa shape index (κ2) is 8.19. The van der Waals surface area contributed by atoms with Crippen LogP contribution < -0.4 is 11.0 Å². The molecule has 1 atom stereocenters. The van der Waals surface area contributed by atoms with Gasteiger partial charge in [0, 0.05) is 5.69 Å². The van der Waals surface area contributed by atoms with Gasteiger partial charge in [-0.1, -0.05) is 48.2 Å². The Bertz CT molecular complexity index is 1220. The molecule has 1 unspecified atom stereocenters. The highest BCUT2D eigenvalue weighted by Crippen LogP contribution is 2.22. The van der Waals surface area contributed by atoms with Crippen molar-refractivity contribution in [3.63, 3.8) is 0 Å². The quantitative estimate of drug-likeness (QED) is 0.367. The van der Waals surface area contributed by atoms with Gasteiger partial charge in [0.2, 0.25) is 11.1 Å². The van der Waals surface area contributed by atoms with Crippen LogP contribution in [0, 0.1) is 0 Å². The van der Waals surface area contributed by atoms with Crippen LogP contribution in [0.2, 0.25) is 0 Å². The highest BCUT2D eigenvalue weighted by Gasteiger charge is 2.17. The Hall–Kier alpha value is -3.59.